The minimum Gasteiger partial charge on any atom is -0.465 e. The van der Waals surface area contributed by atoms with E-state index < -0.39 is 23.6 Å². The van der Waals surface area contributed by atoms with Gasteiger partial charge in [-0.05, 0) is 47.0 Å². The molecule has 0 saturated carbocycles. The SMILES string of the molecule is COC(=O)c1ccc(CSc2nnc(NC(=O)c3ccccc3-c3ccc(C(F)(F)F)cc3)s2)cc1. The zero-order chi connectivity index (χ0) is 25.7. The summed E-state index contributed by atoms with van der Waals surface area (Å²) in [4.78, 5) is 24.5. The fraction of sp³-hybridized carbons (Fsp3) is 0.120. The fourth-order valence-electron chi connectivity index (χ4n) is 3.25. The average molecular weight is 530 g/mol. The Hall–Kier alpha value is -3.70. The molecule has 0 bridgehead atoms. The first kappa shape index (κ1) is 25.4. The number of anilines is 1. The van der Waals surface area contributed by atoms with Crippen LogP contribution in [0.3, 0.4) is 0 Å². The van der Waals surface area contributed by atoms with E-state index in [9.17, 15) is 22.8 Å². The Bertz CT molecular complexity index is 1370. The summed E-state index contributed by atoms with van der Waals surface area (Å²) in [5, 5.41) is 11.1. The smallest absolute Gasteiger partial charge is 0.416 e. The molecule has 1 amide bonds. The number of carbonyl (C=O) groups is 2. The number of nitrogens with one attached hydrogen (secondary N) is 1. The Balaban J connectivity index is 1.42. The molecule has 0 aliphatic heterocycles. The largest absolute Gasteiger partial charge is 0.465 e. The molecule has 1 aromatic heterocycles. The second kappa shape index (κ2) is 10.9. The van der Waals surface area contributed by atoms with Crippen LogP contribution in [0.5, 0.6) is 0 Å². The van der Waals surface area contributed by atoms with Crippen LogP contribution in [0.1, 0.15) is 31.8 Å². The van der Waals surface area contributed by atoms with Crippen molar-refractivity contribution >= 4 is 40.1 Å². The molecule has 36 heavy (non-hydrogen) atoms. The van der Waals surface area contributed by atoms with Crippen molar-refractivity contribution in [1.29, 1.82) is 0 Å². The van der Waals surface area contributed by atoms with E-state index in [-0.39, 0.29) is 0 Å². The third-order valence-corrected chi connectivity index (χ3v) is 7.10. The number of carbonyl (C=O) groups excluding carboxylic acids is 2. The summed E-state index contributed by atoms with van der Waals surface area (Å²) in [6.45, 7) is 0. The van der Waals surface area contributed by atoms with E-state index in [0.717, 1.165) is 17.7 Å². The van der Waals surface area contributed by atoms with Crippen LogP contribution in [0, 0.1) is 0 Å². The molecule has 0 radical (unpaired) electrons. The fourth-order valence-corrected chi connectivity index (χ4v) is 4.96. The number of aromatic nitrogens is 2. The van der Waals surface area contributed by atoms with Gasteiger partial charge in [-0.2, -0.15) is 13.2 Å². The lowest BCUT2D eigenvalue weighted by Crippen LogP contribution is -2.13. The molecule has 3 aromatic carbocycles. The molecule has 0 atom stereocenters. The van der Waals surface area contributed by atoms with Gasteiger partial charge in [-0.25, -0.2) is 4.79 Å². The normalized spacial score (nSPS) is 11.2. The van der Waals surface area contributed by atoms with Crippen molar-refractivity contribution in [3.63, 3.8) is 0 Å². The van der Waals surface area contributed by atoms with Gasteiger partial charge in [0.25, 0.3) is 5.91 Å². The van der Waals surface area contributed by atoms with Crippen molar-refractivity contribution in [1.82, 2.24) is 10.2 Å². The molecule has 1 heterocycles. The van der Waals surface area contributed by atoms with Crippen LogP contribution >= 0.6 is 23.1 Å². The van der Waals surface area contributed by atoms with Gasteiger partial charge in [-0.3, -0.25) is 10.1 Å². The molecule has 184 valence electrons. The van der Waals surface area contributed by atoms with E-state index in [4.69, 9.17) is 0 Å². The van der Waals surface area contributed by atoms with Crippen LogP contribution in [0.15, 0.2) is 77.1 Å². The first-order valence-electron chi connectivity index (χ1n) is 10.5. The summed E-state index contributed by atoms with van der Waals surface area (Å²) in [6, 6.07) is 18.3. The number of hydrogen-bond donors (Lipinski definition) is 1. The number of nitrogens with zero attached hydrogens (tertiary/aromatic N) is 2. The third-order valence-electron chi connectivity index (χ3n) is 5.06. The number of halogens is 3. The summed E-state index contributed by atoms with van der Waals surface area (Å²) in [5.41, 5.74) is 1.96. The van der Waals surface area contributed by atoms with Crippen LogP contribution in [0.25, 0.3) is 11.1 Å². The Morgan fingerprint density at radius 2 is 1.67 bits per heavy atom. The lowest BCUT2D eigenvalue weighted by molar-refractivity contribution is -0.137. The summed E-state index contributed by atoms with van der Waals surface area (Å²) in [7, 11) is 1.32. The maximum absolute atomic E-state index is 12.9. The van der Waals surface area contributed by atoms with Crippen LogP contribution in [0.4, 0.5) is 18.3 Å². The van der Waals surface area contributed by atoms with E-state index in [1.54, 1.807) is 36.4 Å². The van der Waals surface area contributed by atoms with Gasteiger partial charge in [-0.15, -0.1) is 10.2 Å². The highest BCUT2D eigenvalue weighted by molar-refractivity contribution is 8.00. The summed E-state index contributed by atoms with van der Waals surface area (Å²) >= 11 is 2.63. The minimum absolute atomic E-state index is 0.297. The van der Waals surface area contributed by atoms with Gasteiger partial charge in [0.15, 0.2) is 4.34 Å². The second-order valence-electron chi connectivity index (χ2n) is 7.43. The first-order chi connectivity index (χ1) is 17.2. The number of hydrogen-bond acceptors (Lipinski definition) is 7. The van der Waals surface area contributed by atoms with Gasteiger partial charge in [0, 0.05) is 11.3 Å². The molecule has 0 unspecified atom stereocenters. The predicted octanol–water partition coefficient (Wildman–Crippen LogP) is 6.56. The molecule has 0 saturated heterocycles. The third kappa shape index (κ3) is 6.10. The number of ether oxygens (including phenoxy) is 1. The van der Waals surface area contributed by atoms with Crippen molar-refractivity contribution in [3.05, 3.63) is 95.1 Å². The van der Waals surface area contributed by atoms with Gasteiger partial charge in [-0.1, -0.05) is 65.6 Å². The summed E-state index contributed by atoms with van der Waals surface area (Å²) in [5.74, 6) is -0.268. The van der Waals surface area contributed by atoms with E-state index in [2.05, 4.69) is 20.3 Å². The topological polar surface area (TPSA) is 81.2 Å². The van der Waals surface area contributed by atoms with Gasteiger partial charge in [0.05, 0.1) is 18.2 Å². The quantitative estimate of drug-likeness (QED) is 0.166. The van der Waals surface area contributed by atoms with Crippen molar-refractivity contribution in [2.24, 2.45) is 0 Å². The monoisotopic (exact) mass is 529 g/mol. The molecule has 0 fully saturated rings. The molecule has 0 spiro atoms. The molecule has 11 heteroatoms. The molecular weight excluding hydrogens is 511 g/mol. The maximum Gasteiger partial charge on any atom is 0.416 e. The molecule has 0 aliphatic carbocycles. The van der Waals surface area contributed by atoms with Gasteiger partial charge < -0.3 is 4.74 Å². The number of amides is 1. The van der Waals surface area contributed by atoms with Crippen molar-refractivity contribution < 1.29 is 27.5 Å². The highest BCUT2D eigenvalue weighted by Gasteiger charge is 2.30. The Morgan fingerprint density at radius 1 is 0.972 bits per heavy atom. The van der Waals surface area contributed by atoms with E-state index >= 15 is 0 Å². The lowest BCUT2D eigenvalue weighted by Gasteiger charge is -2.11. The van der Waals surface area contributed by atoms with Crippen LogP contribution in [0.2, 0.25) is 0 Å². The number of benzene rings is 3. The molecule has 1 N–H and O–H groups in total. The zero-order valence-corrected chi connectivity index (χ0v) is 20.3. The van der Waals surface area contributed by atoms with E-state index in [1.807, 2.05) is 12.1 Å². The Kier molecular flexibility index (Phi) is 7.70. The first-order valence-corrected chi connectivity index (χ1v) is 12.3. The number of esters is 1. The Morgan fingerprint density at radius 3 is 2.33 bits per heavy atom. The van der Waals surface area contributed by atoms with Crippen molar-refractivity contribution in [2.75, 3.05) is 12.4 Å². The van der Waals surface area contributed by atoms with E-state index in [1.165, 1.54) is 42.3 Å². The number of thioether (sulfide) groups is 1. The van der Waals surface area contributed by atoms with Crippen molar-refractivity contribution in [3.8, 4) is 11.1 Å². The summed E-state index contributed by atoms with van der Waals surface area (Å²) < 4.78 is 44.0. The van der Waals surface area contributed by atoms with Crippen LogP contribution in [-0.4, -0.2) is 29.2 Å². The van der Waals surface area contributed by atoms with Crippen LogP contribution < -0.4 is 5.32 Å². The molecular formula is C25H18F3N3O3S2. The maximum atomic E-state index is 12.9. The predicted molar refractivity (Wildman–Crippen MR) is 132 cm³/mol. The number of rotatable bonds is 7. The van der Waals surface area contributed by atoms with Gasteiger partial charge in [0.2, 0.25) is 5.13 Å². The molecule has 6 nitrogen and oxygen atoms in total. The summed E-state index contributed by atoms with van der Waals surface area (Å²) in [6.07, 6.45) is -4.44. The highest BCUT2D eigenvalue weighted by Crippen LogP contribution is 2.33. The number of methoxy groups -OCH3 is 1. The second-order valence-corrected chi connectivity index (χ2v) is 9.63. The number of alkyl halides is 3. The molecule has 4 rings (SSSR count). The van der Waals surface area contributed by atoms with Gasteiger partial charge >= 0.3 is 12.1 Å². The Labute approximate surface area is 212 Å². The lowest BCUT2D eigenvalue weighted by atomic mass is 9.98. The average Bonchev–Trinajstić information content (AvgIpc) is 3.34. The standard InChI is InChI=1S/C25H18F3N3O3S2/c1-34-22(33)17-8-6-15(7-9-17)14-35-24-31-30-23(36-24)29-21(32)20-5-3-2-4-19(20)16-10-12-18(13-11-16)25(26,27)28/h2-13H,14H2,1H3,(H,29,30,32). The van der Waals surface area contributed by atoms with E-state index in [0.29, 0.717) is 37.5 Å². The van der Waals surface area contributed by atoms with Crippen molar-refractivity contribution in [2.45, 2.75) is 16.3 Å². The minimum atomic E-state index is -4.44. The van der Waals surface area contributed by atoms with Crippen LogP contribution in [-0.2, 0) is 16.7 Å². The highest BCUT2D eigenvalue weighted by atomic mass is 32.2. The molecule has 0 aliphatic rings. The molecule has 4 aromatic rings. The zero-order valence-electron chi connectivity index (χ0n) is 18.7. The van der Waals surface area contributed by atoms with Gasteiger partial charge in [0.1, 0.15) is 0 Å².